The van der Waals surface area contributed by atoms with E-state index in [1.165, 1.54) is 5.56 Å². The summed E-state index contributed by atoms with van der Waals surface area (Å²) in [6.45, 7) is 6.39. The fourth-order valence-corrected chi connectivity index (χ4v) is 3.02. The van der Waals surface area contributed by atoms with E-state index in [-0.39, 0.29) is 6.42 Å². The second-order valence-electron chi connectivity index (χ2n) is 6.88. The second kappa shape index (κ2) is 9.43. The number of hydrogen-bond donors (Lipinski definition) is 2. The number of nitrogens with zero attached hydrogens (tertiary/aromatic N) is 2. The van der Waals surface area contributed by atoms with Gasteiger partial charge in [0, 0.05) is 18.5 Å². The van der Waals surface area contributed by atoms with E-state index in [0.29, 0.717) is 13.0 Å². The molecule has 0 aliphatic carbocycles. The van der Waals surface area contributed by atoms with Crippen molar-refractivity contribution < 1.29 is 23.5 Å². The number of aliphatic carboxylic acids is 1. The lowest BCUT2D eigenvalue weighted by molar-refractivity contribution is -0.143. The molecule has 0 radical (unpaired) electrons. The van der Waals surface area contributed by atoms with Gasteiger partial charge in [-0.3, -0.25) is 9.48 Å². The van der Waals surface area contributed by atoms with Gasteiger partial charge in [-0.05, 0) is 38.3 Å². The standard InChI is InChI=1S/C20H25F2N3O3/c1-12-4-6-15(7-5-12)11-25-14(3)16(13(2)24-25)8-9-19(26)23-17(20(27)28)10-18(21)22/h4-7,17-18H,8-11H2,1-3H3,(H,23,26)(H,27,28). The number of aryl methyl sites for hydroxylation is 2. The number of nitrogens with one attached hydrogen (secondary N) is 1. The predicted molar refractivity (Wildman–Crippen MR) is 100 cm³/mol. The maximum atomic E-state index is 12.4. The lowest BCUT2D eigenvalue weighted by Gasteiger charge is -2.14. The third kappa shape index (κ3) is 5.87. The van der Waals surface area contributed by atoms with Gasteiger partial charge in [-0.1, -0.05) is 29.8 Å². The summed E-state index contributed by atoms with van der Waals surface area (Å²) in [7, 11) is 0. The monoisotopic (exact) mass is 393 g/mol. The molecule has 152 valence electrons. The van der Waals surface area contributed by atoms with Gasteiger partial charge >= 0.3 is 5.97 Å². The van der Waals surface area contributed by atoms with Crippen LogP contribution in [0.1, 0.15) is 40.9 Å². The molecule has 1 unspecified atom stereocenters. The lowest BCUT2D eigenvalue weighted by Crippen LogP contribution is -2.42. The highest BCUT2D eigenvalue weighted by molar-refractivity contribution is 5.83. The van der Waals surface area contributed by atoms with Crippen LogP contribution >= 0.6 is 0 Å². The first kappa shape index (κ1) is 21.5. The molecule has 6 nitrogen and oxygen atoms in total. The molecule has 0 aliphatic rings. The number of carbonyl (C=O) groups excluding carboxylic acids is 1. The highest BCUT2D eigenvalue weighted by Gasteiger charge is 2.24. The van der Waals surface area contributed by atoms with Crippen molar-refractivity contribution in [2.45, 2.75) is 59.0 Å². The zero-order chi connectivity index (χ0) is 20.8. The van der Waals surface area contributed by atoms with Crippen molar-refractivity contribution in [2.75, 3.05) is 0 Å². The molecule has 1 amide bonds. The minimum absolute atomic E-state index is 0.00488. The summed E-state index contributed by atoms with van der Waals surface area (Å²) in [5.41, 5.74) is 4.91. The molecule has 0 aliphatic heterocycles. The number of aromatic nitrogens is 2. The van der Waals surface area contributed by atoms with Crippen LogP contribution < -0.4 is 5.32 Å². The average molecular weight is 393 g/mol. The number of halogens is 2. The number of carboxylic acid groups (broad SMARTS) is 1. The molecular formula is C20H25F2N3O3. The van der Waals surface area contributed by atoms with Crippen LogP contribution in [0.15, 0.2) is 24.3 Å². The molecule has 1 atom stereocenters. The van der Waals surface area contributed by atoms with Crippen molar-refractivity contribution >= 4 is 11.9 Å². The van der Waals surface area contributed by atoms with Gasteiger partial charge in [0.25, 0.3) is 0 Å². The Labute approximate surface area is 162 Å². The van der Waals surface area contributed by atoms with Gasteiger partial charge in [0.2, 0.25) is 12.3 Å². The zero-order valence-electron chi connectivity index (χ0n) is 16.2. The molecular weight excluding hydrogens is 368 g/mol. The average Bonchev–Trinajstić information content (AvgIpc) is 2.87. The topological polar surface area (TPSA) is 84.2 Å². The highest BCUT2D eigenvalue weighted by atomic mass is 19.3. The molecule has 8 heteroatoms. The zero-order valence-corrected chi connectivity index (χ0v) is 16.2. The summed E-state index contributed by atoms with van der Waals surface area (Å²) >= 11 is 0. The van der Waals surface area contributed by atoms with Crippen LogP contribution in [0.3, 0.4) is 0 Å². The van der Waals surface area contributed by atoms with Gasteiger partial charge in [-0.2, -0.15) is 5.10 Å². The summed E-state index contributed by atoms with van der Waals surface area (Å²) in [6.07, 6.45) is -3.34. The van der Waals surface area contributed by atoms with Gasteiger partial charge in [0.1, 0.15) is 6.04 Å². The molecule has 1 heterocycles. The molecule has 1 aromatic heterocycles. The Hall–Kier alpha value is -2.77. The Balaban J connectivity index is 2.00. The van der Waals surface area contributed by atoms with Crippen LogP contribution in [-0.4, -0.2) is 39.2 Å². The summed E-state index contributed by atoms with van der Waals surface area (Å²) < 4.78 is 26.7. The summed E-state index contributed by atoms with van der Waals surface area (Å²) in [5.74, 6) is -2.04. The minimum Gasteiger partial charge on any atom is -0.480 e. The van der Waals surface area contributed by atoms with E-state index in [1.54, 1.807) is 0 Å². The number of carboxylic acids is 1. The van der Waals surface area contributed by atoms with Gasteiger partial charge in [0.15, 0.2) is 0 Å². The van der Waals surface area contributed by atoms with E-state index in [4.69, 9.17) is 5.11 Å². The summed E-state index contributed by atoms with van der Waals surface area (Å²) in [4.78, 5) is 23.0. The van der Waals surface area contributed by atoms with Gasteiger partial charge in [0.05, 0.1) is 12.2 Å². The number of carbonyl (C=O) groups is 2. The van der Waals surface area contributed by atoms with Crippen molar-refractivity contribution in [1.82, 2.24) is 15.1 Å². The summed E-state index contributed by atoms with van der Waals surface area (Å²) in [6, 6.07) is 6.55. The third-order valence-corrected chi connectivity index (χ3v) is 4.63. The van der Waals surface area contributed by atoms with Crippen LogP contribution in [-0.2, 0) is 22.6 Å². The molecule has 2 rings (SSSR count). The van der Waals surface area contributed by atoms with Crippen molar-refractivity contribution in [3.05, 3.63) is 52.3 Å². The minimum atomic E-state index is -2.80. The maximum Gasteiger partial charge on any atom is 0.326 e. The Morgan fingerprint density at radius 3 is 2.39 bits per heavy atom. The summed E-state index contributed by atoms with van der Waals surface area (Å²) in [5, 5.41) is 15.6. The first-order chi connectivity index (χ1) is 13.2. The van der Waals surface area contributed by atoms with Crippen LogP contribution in [0.2, 0.25) is 0 Å². The number of alkyl halides is 2. The Bertz CT molecular complexity index is 832. The van der Waals surface area contributed by atoms with E-state index < -0.39 is 30.8 Å². The molecule has 0 saturated heterocycles. The van der Waals surface area contributed by atoms with Crippen molar-refractivity contribution in [3.63, 3.8) is 0 Å². The molecule has 2 aromatic rings. The number of amides is 1. The van der Waals surface area contributed by atoms with E-state index in [0.717, 1.165) is 22.5 Å². The molecule has 0 fully saturated rings. The molecule has 1 aromatic carbocycles. The van der Waals surface area contributed by atoms with Crippen molar-refractivity contribution in [3.8, 4) is 0 Å². The van der Waals surface area contributed by atoms with Crippen molar-refractivity contribution in [2.24, 2.45) is 0 Å². The Kier molecular flexibility index (Phi) is 7.25. The number of benzene rings is 1. The first-order valence-electron chi connectivity index (χ1n) is 9.06. The smallest absolute Gasteiger partial charge is 0.326 e. The Morgan fingerprint density at radius 1 is 1.18 bits per heavy atom. The molecule has 0 bridgehead atoms. The lowest BCUT2D eigenvalue weighted by atomic mass is 10.1. The highest BCUT2D eigenvalue weighted by Crippen LogP contribution is 2.17. The quantitative estimate of drug-likeness (QED) is 0.686. The van der Waals surface area contributed by atoms with Crippen LogP contribution in [0, 0.1) is 20.8 Å². The van der Waals surface area contributed by atoms with Gasteiger partial charge in [-0.25, -0.2) is 13.6 Å². The Morgan fingerprint density at radius 2 is 1.82 bits per heavy atom. The molecule has 0 spiro atoms. The predicted octanol–water partition coefficient (Wildman–Crippen LogP) is 3.01. The second-order valence-corrected chi connectivity index (χ2v) is 6.88. The van der Waals surface area contributed by atoms with E-state index in [1.807, 2.05) is 49.7 Å². The van der Waals surface area contributed by atoms with Crippen LogP contribution in [0.25, 0.3) is 0 Å². The van der Waals surface area contributed by atoms with E-state index in [9.17, 15) is 18.4 Å². The molecule has 28 heavy (non-hydrogen) atoms. The number of hydrogen-bond acceptors (Lipinski definition) is 3. The van der Waals surface area contributed by atoms with Gasteiger partial charge in [-0.15, -0.1) is 0 Å². The molecule has 0 saturated carbocycles. The fraction of sp³-hybridized carbons (Fsp3) is 0.450. The third-order valence-electron chi connectivity index (χ3n) is 4.63. The van der Waals surface area contributed by atoms with Crippen LogP contribution in [0.4, 0.5) is 8.78 Å². The van der Waals surface area contributed by atoms with Crippen molar-refractivity contribution in [1.29, 1.82) is 0 Å². The maximum absolute atomic E-state index is 12.4. The van der Waals surface area contributed by atoms with E-state index >= 15 is 0 Å². The SMILES string of the molecule is Cc1ccc(Cn2nc(C)c(CCC(=O)NC(CC(F)F)C(=O)O)c2C)cc1. The normalized spacial score (nSPS) is 12.2. The molecule has 2 N–H and O–H groups in total. The fourth-order valence-electron chi connectivity index (χ4n) is 3.02. The van der Waals surface area contributed by atoms with Gasteiger partial charge < -0.3 is 10.4 Å². The van der Waals surface area contributed by atoms with E-state index in [2.05, 4.69) is 10.4 Å². The number of rotatable bonds is 9. The largest absolute Gasteiger partial charge is 0.480 e. The van der Waals surface area contributed by atoms with Crippen LogP contribution in [0.5, 0.6) is 0 Å². The first-order valence-corrected chi connectivity index (χ1v) is 9.06.